The minimum atomic E-state index is -1.02. The predicted octanol–water partition coefficient (Wildman–Crippen LogP) is 2.07. The number of rotatable bonds is 1. The monoisotopic (exact) mass is 237 g/mol. The zero-order chi connectivity index (χ0) is 11.7. The van der Waals surface area contributed by atoms with E-state index in [9.17, 15) is 9.59 Å². The summed E-state index contributed by atoms with van der Waals surface area (Å²) >= 11 is 1.51. The van der Waals surface area contributed by atoms with E-state index in [1.807, 2.05) is 13.0 Å². The summed E-state index contributed by atoms with van der Waals surface area (Å²) in [6.45, 7) is 1.83. The number of anilines is 1. The van der Waals surface area contributed by atoms with E-state index < -0.39 is 5.97 Å². The average Bonchev–Trinajstić information content (AvgIpc) is 2.39. The number of carbonyl (C=O) groups excluding carboxylic acids is 1. The summed E-state index contributed by atoms with van der Waals surface area (Å²) in [4.78, 5) is 23.5. The average molecular weight is 237 g/mol. The van der Waals surface area contributed by atoms with Crippen LogP contribution in [0.3, 0.4) is 0 Å². The Bertz CT molecular complexity index is 459. The number of carbonyl (C=O) groups is 2. The lowest BCUT2D eigenvalue weighted by Gasteiger charge is -2.09. The number of thioether (sulfide) groups is 1. The zero-order valence-corrected chi connectivity index (χ0v) is 9.50. The second-order valence-corrected chi connectivity index (χ2v) is 4.75. The van der Waals surface area contributed by atoms with E-state index in [1.54, 1.807) is 6.07 Å². The van der Waals surface area contributed by atoms with Crippen LogP contribution < -0.4 is 5.32 Å². The van der Waals surface area contributed by atoms with Crippen LogP contribution in [0.2, 0.25) is 0 Å². The SMILES string of the molecule is CC1CSc2cccc(C(=O)O)c2NC1=O. The van der Waals surface area contributed by atoms with E-state index in [0.717, 1.165) is 4.90 Å². The van der Waals surface area contributed by atoms with Crippen molar-refractivity contribution in [2.45, 2.75) is 11.8 Å². The number of nitrogens with one attached hydrogen (secondary N) is 1. The molecule has 1 aromatic carbocycles. The Morgan fingerprint density at radius 2 is 2.31 bits per heavy atom. The van der Waals surface area contributed by atoms with Crippen LogP contribution in [0.4, 0.5) is 5.69 Å². The highest BCUT2D eigenvalue weighted by Gasteiger charge is 2.23. The maximum Gasteiger partial charge on any atom is 0.337 e. The van der Waals surface area contributed by atoms with E-state index >= 15 is 0 Å². The number of benzene rings is 1. The van der Waals surface area contributed by atoms with Gasteiger partial charge in [0, 0.05) is 16.6 Å². The summed E-state index contributed by atoms with van der Waals surface area (Å²) < 4.78 is 0. The Labute approximate surface area is 97.0 Å². The molecular formula is C11H11NO3S. The van der Waals surface area contributed by atoms with Crippen molar-refractivity contribution in [2.24, 2.45) is 5.92 Å². The van der Waals surface area contributed by atoms with Gasteiger partial charge < -0.3 is 10.4 Å². The molecule has 0 saturated carbocycles. The van der Waals surface area contributed by atoms with Gasteiger partial charge in [-0.3, -0.25) is 4.79 Å². The standard InChI is InChI=1S/C11H11NO3S/c1-6-5-16-8-4-2-3-7(11(14)15)9(8)12-10(6)13/h2-4,6H,5H2,1H3,(H,12,13)(H,14,15). The summed E-state index contributed by atoms with van der Waals surface area (Å²) in [6.07, 6.45) is 0. The Hall–Kier alpha value is -1.49. The van der Waals surface area contributed by atoms with Gasteiger partial charge in [-0.25, -0.2) is 4.79 Å². The van der Waals surface area contributed by atoms with Crippen molar-refractivity contribution < 1.29 is 14.7 Å². The molecule has 2 rings (SSSR count). The molecule has 4 nitrogen and oxygen atoms in total. The van der Waals surface area contributed by atoms with Gasteiger partial charge in [-0.15, -0.1) is 11.8 Å². The topological polar surface area (TPSA) is 66.4 Å². The van der Waals surface area contributed by atoms with Gasteiger partial charge in [-0.2, -0.15) is 0 Å². The summed E-state index contributed by atoms with van der Waals surface area (Å²) in [5, 5.41) is 11.7. The predicted molar refractivity (Wildman–Crippen MR) is 61.9 cm³/mol. The number of carboxylic acid groups (broad SMARTS) is 1. The number of amides is 1. The van der Waals surface area contributed by atoms with E-state index in [0.29, 0.717) is 11.4 Å². The molecule has 0 aliphatic carbocycles. The fourth-order valence-corrected chi connectivity index (χ4v) is 2.56. The summed E-state index contributed by atoms with van der Waals surface area (Å²) in [7, 11) is 0. The van der Waals surface area contributed by atoms with Gasteiger partial charge in [0.2, 0.25) is 5.91 Å². The number of fused-ring (bicyclic) bond motifs is 1. The Morgan fingerprint density at radius 3 is 3.00 bits per heavy atom. The third kappa shape index (κ3) is 1.90. The Kier molecular flexibility index (Phi) is 2.87. The number of para-hydroxylation sites is 1. The van der Waals surface area contributed by atoms with Crippen LogP contribution in [0.1, 0.15) is 17.3 Å². The number of hydrogen-bond donors (Lipinski definition) is 2. The van der Waals surface area contributed by atoms with E-state index in [2.05, 4.69) is 5.32 Å². The van der Waals surface area contributed by atoms with Crippen LogP contribution in [0, 0.1) is 5.92 Å². The fourth-order valence-electron chi connectivity index (χ4n) is 1.50. The highest BCUT2D eigenvalue weighted by molar-refractivity contribution is 7.99. The van der Waals surface area contributed by atoms with Crippen LogP contribution in [-0.2, 0) is 4.79 Å². The van der Waals surface area contributed by atoms with Crippen LogP contribution in [-0.4, -0.2) is 22.7 Å². The van der Waals surface area contributed by atoms with Crippen LogP contribution >= 0.6 is 11.8 Å². The summed E-state index contributed by atoms with van der Waals surface area (Å²) in [5.41, 5.74) is 0.571. The first kappa shape index (κ1) is 11.0. The fraction of sp³-hybridized carbons (Fsp3) is 0.273. The molecule has 2 N–H and O–H groups in total. The highest BCUT2D eigenvalue weighted by Crippen LogP contribution is 2.34. The maximum absolute atomic E-state index is 11.6. The quantitative estimate of drug-likeness (QED) is 0.784. The smallest absolute Gasteiger partial charge is 0.337 e. The van der Waals surface area contributed by atoms with Gasteiger partial charge in [-0.05, 0) is 12.1 Å². The number of carboxylic acids is 1. The lowest BCUT2D eigenvalue weighted by atomic mass is 10.1. The molecule has 0 radical (unpaired) electrons. The van der Waals surface area contributed by atoms with Gasteiger partial charge in [0.15, 0.2) is 0 Å². The molecule has 1 aromatic rings. The van der Waals surface area contributed by atoms with Crippen molar-refractivity contribution in [2.75, 3.05) is 11.1 Å². The van der Waals surface area contributed by atoms with Crippen LogP contribution in [0.15, 0.2) is 23.1 Å². The van der Waals surface area contributed by atoms with Gasteiger partial charge >= 0.3 is 5.97 Å². The lowest BCUT2D eigenvalue weighted by molar-refractivity contribution is -0.118. The first-order chi connectivity index (χ1) is 7.59. The lowest BCUT2D eigenvalue weighted by Crippen LogP contribution is -2.21. The molecule has 0 fully saturated rings. The molecule has 1 atom stereocenters. The van der Waals surface area contributed by atoms with Crippen molar-refractivity contribution >= 4 is 29.3 Å². The second-order valence-electron chi connectivity index (χ2n) is 3.69. The Balaban J connectivity index is 2.50. The van der Waals surface area contributed by atoms with Crippen LogP contribution in [0.25, 0.3) is 0 Å². The largest absolute Gasteiger partial charge is 0.478 e. The third-order valence-corrected chi connectivity index (χ3v) is 3.76. The maximum atomic E-state index is 11.6. The van der Waals surface area contributed by atoms with Crippen LogP contribution in [0.5, 0.6) is 0 Å². The van der Waals surface area contributed by atoms with Crippen molar-refractivity contribution in [1.29, 1.82) is 0 Å². The number of aromatic carboxylic acids is 1. The zero-order valence-electron chi connectivity index (χ0n) is 8.69. The molecule has 1 unspecified atom stereocenters. The minimum Gasteiger partial charge on any atom is -0.478 e. The van der Waals surface area contributed by atoms with Crippen molar-refractivity contribution in [3.8, 4) is 0 Å². The summed E-state index contributed by atoms with van der Waals surface area (Å²) in [6, 6.07) is 5.01. The van der Waals surface area contributed by atoms with E-state index in [4.69, 9.17) is 5.11 Å². The normalized spacial score (nSPS) is 19.6. The molecule has 1 aliphatic heterocycles. The first-order valence-electron chi connectivity index (χ1n) is 4.89. The highest BCUT2D eigenvalue weighted by atomic mass is 32.2. The van der Waals surface area contributed by atoms with E-state index in [-0.39, 0.29) is 17.4 Å². The molecule has 0 aromatic heterocycles. The minimum absolute atomic E-state index is 0.112. The molecule has 16 heavy (non-hydrogen) atoms. The van der Waals surface area contributed by atoms with Gasteiger partial charge in [0.05, 0.1) is 11.3 Å². The molecular weight excluding hydrogens is 226 g/mol. The number of hydrogen-bond acceptors (Lipinski definition) is 3. The summed E-state index contributed by atoms with van der Waals surface area (Å²) in [5.74, 6) is -0.590. The second kappa shape index (κ2) is 4.17. The van der Waals surface area contributed by atoms with Crippen molar-refractivity contribution in [3.63, 3.8) is 0 Å². The molecule has 1 amide bonds. The molecule has 1 heterocycles. The van der Waals surface area contributed by atoms with Gasteiger partial charge in [0.25, 0.3) is 0 Å². The first-order valence-corrected chi connectivity index (χ1v) is 5.88. The van der Waals surface area contributed by atoms with E-state index in [1.165, 1.54) is 17.8 Å². The van der Waals surface area contributed by atoms with Gasteiger partial charge in [0.1, 0.15) is 0 Å². The molecule has 0 spiro atoms. The molecule has 5 heteroatoms. The van der Waals surface area contributed by atoms with Crippen molar-refractivity contribution in [3.05, 3.63) is 23.8 Å². The molecule has 0 bridgehead atoms. The van der Waals surface area contributed by atoms with Crippen molar-refractivity contribution in [1.82, 2.24) is 0 Å². The van der Waals surface area contributed by atoms with Gasteiger partial charge in [-0.1, -0.05) is 13.0 Å². The Morgan fingerprint density at radius 1 is 1.56 bits per heavy atom. The molecule has 1 aliphatic rings. The molecule has 84 valence electrons. The third-order valence-electron chi connectivity index (χ3n) is 2.44. The molecule has 0 saturated heterocycles.